The van der Waals surface area contributed by atoms with E-state index in [0.717, 1.165) is 27.4 Å². The van der Waals surface area contributed by atoms with Crippen LogP contribution in [0.1, 0.15) is 5.56 Å². The number of carbonyl (C=O) groups excluding carboxylic acids is 1. The lowest BCUT2D eigenvalue weighted by Gasteiger charge is -2.07. The van der Waals surface area contributed by atoms with Crippen molar-refractivity contribution in [2.75, 3.05) is 11.1 Å². The largest absolute Gasteiger partial charge is 0.325 e. The molecule has 3 rings (SSSR count). The van der Waals surface area contributed by atoms with E-state index in [1.165, 1.54) is 11.8 Å². The fourth-order valence-electron chi connectivity index (χ4n) is 2.59. The van der Waals surface area contributed by atoms with Gasteiger partial charge in [0.05, 0.1) is 29.3 Å². The first-order valence-corrected chi connectivity index (χ1v) is 9.14. The van der Waals surface area contributed by atoms with Crippen molar-refractivity contribution in [2.45, 2.75) is 18.1 Å². The van der Waals surface area contributed by atoms with Gasteiger partial charge in [-0.3, -0.25) is 4.79 Å². The number of imidazole rings is 1. The summed E-state index contributed by atoms with van der Waals surface area (Å²) in [6, 6.07) is 17.3. The summed E-state index contributed by atoms with van der Waals surface area (Å²) in [5.74, 6) is 0.167. The van der Waals surface area contributed by atoms with Crippen LogP contribution in [0.2, 0.25) is 0 Å². The molecule has 2 aromatic carbocycles. The second-order valence-electron chi connectivity index (χ2n) is 5.65. The van der Waals surface area contributed by atoms with E-state index >= 15 is 0 Å². The number of thioether (sulfide) groups is 1. The van der Waals surface area contributed by atoms with Crippen molar-refractivity contribution in [1.29, 1.82) is 5.26 Å². The van der Waals surface area contributed by atoms with Gasteiger partial charge in [-0.1, -0.05) is 42.1 Å². The zero-order valence-corrected chi connectivity index (χ0v) is 15.0. The first-order chi connectivity index (χ1) is 12.7. The molecule has 0 fully saturated rings. The molecule has 1 N–H and O–H groups in total. The van der Waals surface area contributed by atoms with Gasteiger partial charge in [-0.15, -0.1) is 6.58 Å². The highest BCUT2D eigenvalue weighted by Gasteiger charge is 2.12. The molecule has 0 unspecified atom stereocenters. The van der Waals surface area contributed by atoms with Crippen LogP contribution in [0.3, 0.4) is 0 Å². The fourth-order valence-corrected chi connectivity index (χ4v) is 3.42. The standard InChI is InChI=1S/C20H18N4OS/c1-2-13-24-18-6-4-3-5-17(18)23-20(24)26-14-19(25)22-16-9-7-15(8-10-16)11-12-21/h2-10H,1,11,13-14H2,(H,22,25). The van der Waals surface area contributed by atoms with Crippen molar-refractivity contribution in [3.8, 4) is 6.07 Å². The number of nitrogens with zero attached hydrogens (tertiary/aromatic N) is 3. The Morgan fingerprint density at radius 1 is 1.27 bits per heavy atom. The summed E-state index contributed by atoms with van der Waals surface area (Å²) in [5.41, 5.74) is 3.59. The van der Waals surface area contributed by atoms with Crippen LogP contribution in [0, 0.1) is 11.3 Å². The molecule has 0 radical (unpaired) electrons. The first-order valence-electron chi connectivity index (χ1n) is 8.16. The molecule has 0 saturated carbocycles. The number of amides is 1. The summed E-state index contributed by atoms with van der Waals surface area (Å²) in [4.78, 5) is 16.8. The normalized spacial score (nSPS) is 10.4. The SMILES string of the molecule is C=CCn1c(SCC(=O)Nc2ccc(CC#N)cc2)nc2ccccc21. The Balaban J connectivity index is 1.66. The zero-order chi connectivity index (χ0) is 18.4. The van der Waals surface area contributed by atoms with Crippen molar-refractivity contribution in [1.82, 2.24) is 9.55 Å². The minimum Gasteiger partial charge on any atom is -0.325 e. The third-order valence-corrected chi connectivity index (χ3v) is 4.76. The third-order valence-electron chi connectivity index (χ3n) is 3.78. The molecule has 130 valence electrons. The van der Waals surface area contributed by atoms with Gasteiger partial charge in [-0.2, -0.15) is 5.26 Å². The highest BCUT2D eigenvalue weighted by atomic mass is 32.2. The minimum atomic E-state index is -0.0970. The van der Waals surface area contributed by atoms with Crippen LogP contribution in [0.25, 0.3) is 11.0 Å². The van der Waals surface area contributed by atoms with Gasteiger partial charge in [0.25, 0.3) is 0 Å². The average Bonchev–Trinajstić information content (AvgIpc) is 3.00. The zero-order valence-electron chi connectivity index (χ0n) is 14.2. The Morgan fingerprint density at radius 2 is 2.04 bits per heavy atom. The lowest BCUT2D eigenvalue weighted by Crippen LogP contribution is -2.14. The molecule has 1 aromatic heterocycles. The molecule has 1 heterocycles. The second kappa shape index (κ2) is 8.37. The molecule has 6 heteroatoms. The van der Waals surface area contributed by atoms with Gasteiger partial charge in [0.15, 0.2) is 5.16 Å². The van der Waals surface area contributed by atoms with Gasteiger partial charge in [-0.25, -0.2) is 4.98 Å². The Hall–Kier alpha value is -3.04. The Kier molecular flexibility index (Phi) is 5.72. The maximum atomic E-state index is 12.2. The monoisotopic (exact) mass is 362 g/mol. The van der Waals surface area contributed by atoms with Gasteiger partial charge in [0, 0.05) is 12.2 Å². The quantitative estimate of drug-likeness (QED) is 0.509. The number of benzene rings is 2. The Labute approximate surface area is 156 Å². The molecule has 0 atom stereocenters. The number of anilines is 1. The second-order valence-corrected chi connectivity index (χ2v) is 6.59. The van der Waals surface area contributed by atoms with Crippen LogP contribution in [0.15, 0.2) is 66.3 Å². The van der Waals surface area contributed by atoms with Crippen LogP contribution in [0.5, 0.6) is 0 Å². The number of hydrogen-bond acceptors (Lipinski definition) is 4. The molecular formula is C20H18N4OS. The van der Waals surface area contributed by atoms with E-state index in [1.54, 1.807) is 0 Å². The van der Waals surface area contributed by atoms with E-state index in [1.807, 2.05) is 54.6 Å². The number of aromatic nitrogens is 2. The van der Waals surface area contributed by atoms with Gasteiger partial charge in [-0.05, 0) is 29.8 Å². The topological polar surface area (TPSA) is 70.7 Å². The molecule has 26 heavy (non-hydrogen) atoms. The van der Waals surface area contributed by atoms with Gasteiger partial charge >= 0.3 is 0 Å². The molecule has 0 bridgehead atoms. The number of nitriles is 1. The van der Waals surface area contributed by atoms with E-state index in [2.05, 4.69) is 27.5 Å². The van der Waals surface area contributed by atoms with Crippen LogP contribution < -0.4 is 5.32 Å². The van der Waals surface area contributed by atoms with Crippen molar-refractivity contribution >= 4 is 34.4 Å². The summed E-state index contributed by atoms with van der Waals surface area (Å²) in [5, 5.41) is 12.4. The van der Waals surface area contributed by atoms with E-state index in [-0.39, 0.29) is 11.7 Å². The van der Waals surface area contributed by atoms with Gasteiger partial charge in [0.2, 0.25) is 5.91 Å². The van der Waals surface area contributed by atoms with Crippen LogP contribution in [-0.2, 0) is 17.8 Å². The van der Waals surface area contributed by atoms with E-state index in [4.69, 9.17) is 5.26 Å². The van der Waals surface area contributed by atoms with Crippen molar-refractivity contribution < 1.29 is 4.79 Å². The van der Waals surface area contributed by atoms with E-state index < -0.39 is 0 Å². The van der Waals surface area contributed by atoms with Crippen LogP contribution in [-0.4, -0.2) is 21.2 Å². The number of para-hydroxylation sites is 2. The van der Waals surface area contributed by atoms with Crippen molar-refractivity contribution in [2.24, 2.45) is 0 Å². The molecule has 0 spiro atoms. The predicted octanol–water partition coefficient (Wildman–Crippen LogP) is 4.02. The average molecular weight is 362 g/mol. The number of fused-ring (bicyclic) bond motifs is 1. The first kappa shape index (κ1) is 17.8. The van der Waals surface area contributed by atoms with Crippen LogP contribution in [0.4, 0.5) is 5.69 Å². The number of rotatable bonds is 7. The number of carbonyl (C=O) groups is 1. The van der Waals surface area contributed by atoms with Crippen molar-refractivity contribution in [3.05, 3.63) is 66.7 Å². The van der Waals surface area contributed by atoms with E-state index in [9.17, 15) is 4.79 Å². The number of hydrogen-bond donors (Lipinski definition) is 1. The van der Waals surface area contributed by atoms with Crippen molar-refractivity contribution in [3.63, 3.8) is 0 Å². The van der Waals surface area contributed by atoms with Gasteiger partial charge in [0.1, 0.15) is 0 Å². The van der Waals surface area contributed by atoms with Gasteiger partial charge < -0.3 is 9.88 Å². The molecule has 1 amide bonds. The lowest BCUT2D eigenvalue weighted by atomic mass is 10.1. The highest BCUT2D eigenvalue weighted by Crippen LogP contribution is 2.24. The molecule has 5 nitrogen and oxygen atoms in total. The summed E-state index contributed by atoms with van der Waals surface area (Å²) < 4.78 is 2.05. The van der Waals surface area contributed by atoms with E-state index in [0.29, 0.717) is 13.0 Å². The predicted molar refractivity (Wildman–Crippen MR) is 105 cm³/mol. The number of nitrogens with one attached hydrogen (secondary N) is 1. The fraction of sp³-hybridized carbons (Fsp3) is 0.150. The molecule has 0 aliphatic rings. The molecular weight excluding hydrogens is 344 g/mol. The molecule has 3 aromatic rings. The summed E-state index contributed by atoms with van der Waals surface area (Å²) in [6.07, 6.45) is 2.19. The Bertz CT molecular complexity index is 970. The maximum absolute atomic E-state index is 12.2. The maximum Gasteiger partial charge on any atom is 0.234 e. The molecule has 0 aliphatic carbocycles. The number of allylic oxidation sites excluding steroid dienone is 1. The third kappa shape index (κ3) is 4.13. The summed E-state index contributed by atoms with van der Waals surface area (Å²) in [7, 11) is 0. The van der Waals surface area contributed by atoms with Crippen LogP contribution >= 0.6 is 11.8 Å². The summed E-state index contributed by atoms with van der Waals surface area (Å²) in [6.45, 7) is 4.44. The highest BCUT2D eigenvalue weighted by molar-refractivity contribution is 7.99. The Morgan fingerprint density at radius 3 is 2.77 bits per heavy atom. The minimum absolute atomic E-state index is 0.0970. The molecule has 0 saturated heterocycles. The lowest BCUT2D eigenvalue weighted by molar-refractivity contribution is -0.113. The smallest absolute Gasteiger partial charge is 0.234 e. The summed E-state index contributed by atoms with van der Waals surface area (Å²) >= 11 is 1.40. The molecule has 0 aliphatic heterocycles.